The minimum absolute atomic E-state index is 0.0480. The summed E-state index contributed by atoms with van der Waals surface area (Å²) in [5.41, 5.74) is 1.95. The van der Waals surface area contributed by atoms with Crippen molar-refractivity contribution in [3.63, 3.8) is 0 Å². The van der Waals surface area contributed by atoms with Crippen LogP contribution in [0.1, 0.15) is 33.3 Å². The fourth-order valence-corrected chi connectivity index (χ4v) is 5.05. The molecule has 5 nitrogen and oxygen atoms in total. The van der Waals surface area contributed by atoms with Crippen LogP contribution in [0.25, 0.3) is 10.9 Å². The van der Waals surface area contributed by atoms with E-state index in [1.165, 1.54) is 11.8 Å². The first-order valence-electron chi connectivity index (χ1n) is 8.09. The first-order chi connectivity index (χ1) is 11.5. The van der Waals surface area contributed by atoms with Crippen LogP contribution in [0, 0.1) is 12.8 Å². The van der Waals surface area contributed by atoms with Gasteiger partial charge in [-0.2, -0.15) is 0 Å². The number of aromatic nitrogens is 1. The molecule has 25 heavy (non-hydrogen) atoms. The van der Waals surface area contributed by atoms with E-state index in [0.717, 1.165) is 21.4 Å². The Labute approximate surface area is 153 Å². The number of benzene rings is 1. The third-order valence-corrected chi connectivity index (χ3v) is 6.44. The highest BCUT2D eigenvalue weighted by Gasteiger charge is 2.32. The van der Waals surface area contributed by atoms with Gasteiger partial charge in [0.2, 0.25) is 15.9 Å². The number of thioether (sulfide) groups is 1. The second-order valence-corrected chi connectivity index (χ2v) is 10.5. The Balaban J connectivity index is 2.26. The summed E-state index contributed by atoms with van der Waals surface area (Å²) in [6.07, 6.45) is 1.70. The Kier molecular flexibility index (Phi) is 5.79. The fraction of sp³-hybridized carbons (Fsp3) is 0.444. The molecule has 0 saturated heterocycles. The molecule has 0 aliphatic carbocycles. The second-order valence-electron chi connectivity index (χ2n) is 7.05. The Morgan fingerprint density at radius 3 is 2.60 bits per heavy atom. The number of aryl methyl sites for hydroxylation is 1. The Morgan fingerprint density at radius 2 is 1.96 bits per heavy atom. The minimum atomic E-state index is -3.63. The van der Waals surface area contributed by atoms with Crippen molar-refractivity contribution in [1.82, 2.24) is 9.71 Å². The van der Waals surface area contributed by atoms with Crippen LogP contribution in [-0.4, -0.2) is 29.8 Å². The van der Waals surface area contributed by atoms with Crippen molar-refractivity contribution in [2.45, 2.75) is 44.3 Å². The number of hydrogen-bond donors (Lipinski definition) is 1. The van der Waals surface area contributed by atoms with E-state index in [-0.39, 0.29) is 11.7 Å². The van der Waals surface area contributed by atoms with Gasteiger partial charge in [0, 0.05) is 16.5 Å². The Bertz CT molecular complexity index is 890. The Morgan fingerprint density at radius 1 is 1.28 bits per heavy atom. The molecule has 0 atom stereocenters. The smallest absolute Gasteiger partial charge is 0.249 e. The molecule has 7 heteroatoms. The van der Waals surface area contributed by atoms with Crippen LogP contribution in [0.15, 0.2) is 35.4 Å². The van der Waals surface area contributed by atoms with Crippen molar-refractivity contribution < 1.29 is 13.2 Å². The van der Waals surface area contributed by atoms with E-state index >= 15 is 0 Å². The van der Waals surface area contributed by atoms with Crippen LogP contribution >= 0.6 is 11.8 Å². The summed E-state index contributed by atoms with van der Waals surface area (Å²) in [6, 6.07) is 7.80. The van der Waals surface area contributed by atoms with Gasteiger partial charge >= 0.3 is 0 Å². The van der Waals surface area contributed by atoms with Crippen molar-refractivity contribution in [3.05, 3.63) is 36.0 Å². The van der Waals surface area contributed by atoms with Crippen LogP contribution in [0.4, 0.5) is 0 Å². The average Bonchev–Trinajstić information content (AvgIpc) is 2.45. The zero-order valence-electron chi connectivity index (χ0n) is 15.2. The molecule has 2 aromatic rings. The van der Waals surface area contributed by atoms with E-state index in [4.69, 9.17) is 0 Å². The maximum Gasteiger partial charge on any atom is 0.249 e. The predicted molar refractivity (Wildman–Crippen MR) is 103 cm³/mol. The molecule has 1 amide bonds. The molecule has 136 valence electrons. The first kappa shape index (κ1) is 19.7. The quantitative estimate of drug-likeness (QED) is 0.776. The summed E-state index contributed by atoms with van der Waals surface area (Å²) in [4.78, 5) is 17.8. The molecule has 0 aliphatic heterocycles. The maximum absolute atomic E-state index is 12.5. The average molecular weight is 381 g/mol. The number of pyridine rings is 1. The topological polar surface area (TPSA) is 76.1 Å². The molecule has 0 aliphatic rings. The highest BCUT2D eigenvalue weighted by atomic mass is 32.2. The third-order valence-electron chi connectivity index (χ3n) is 3.57. The summed E-state index contributed by atoms with van der Waals surface area (Å²) in [7, 11) is -3.63. The van der Waals surface area contributed by atoms with Crippen LogP contribution in [0.2, 0.25) is 0 Å². The highest BCUT2D eigenvalue weighted by molar-refractivity contribution is 8.01. The molecule has 0 spiro atoms. The van der Waals surface area contributed by atoms with Crippen molar-refractivity contribution in [3.8, 4) is 0 Å². The molecule has 0 bridgehead atoms. The molecule has 0 radical (unpaired) electrons. The number of carbonyl (C=O) groups excluding carboxylic acids is 1. The standard InChI is InChI=1S/C18H24N2O3S2/c1-12(2)11-25(22,23)20-17(21)18(4,5)24-16-8-9-19-15-7-6-13(3)10-14(15)16/h6-10,12H,11H2,1-5H3,(H,20,21). The summed E-state index contributed by atoms with van der Waals surface area (Å²) in [6.45, 7) is 9.04. The first-order valence-corrected chi connectivity index (χ1v) is 10.6. The number of fused-ring (bicyclic) bond motifs is 1. The molecule has 1 aromatic carbocycles. The minimum Gasteiger partial charge on any atom is -0.272 e. The third kappa shape index (κ3) is 5.19. The van der Waals surface area contributed by atoms with E-state index in [1.807, 2.05) is 31.2 Å². The zero-order valence-corrected chi connectivity index (χ0v) is 16.8. The largest absolute Gasteiger partial charge is 0.272 e. The van der Waals surface area contributed by atoms with Crippen LogP contribution in [0.3, 0.4) is 0 Å². The monoisotopic (exact) mass is 380 g/mol. The normalized spacial score (nSPS) is 12.6. The van der Waals surface area contributed by atoms with Gasteiger partial charge in [0.05, 0.1) is 16.0 Å². The molecule has 0 fully saturated rings. The molecule has 1 heterocycles. The van der Waals surface area contributed by atoms with E-state index in [1.54, 1.807) is 33.9 Å². The fourth-order valence-electron chi connectivity index (χ4n) is 2.39. The predicted octanol–water partition coefficient (Wildman–Crippen LogP) is 3.52. The van der Waals surface area contributed by atoms with Crippen molar-refractivity contribution in [1.29, 1.82) is 0 Å². The van der Waals surface area contributed by atoms with Gasteiger partial charge in [-0.1, -0.05) is 25.5 Å². The lowest BCUT2D eigenvalue weighted by Crippen LogP contribution is -2.44. The number of hydrogen-bond acceptors (Lipinski definition) is 5. The van der Waals surface area contributed by atoms with Gasteiger partial charge in [-0.25, -0.2) is 8.42 Å². The molecule has 0 saturated carbocycles. The van der Waals surface area contributed by atoms with E-state index in [9.17, 15) is 13.2 Å². The maximum atomic E-state index is 12.5. The number of nitrogens with one attached hydrogen (secondary N) is 1. The number of carbonyl (C=O) groups is 1. The van der Waals surface area contributed by atoms with Gasteiger partial charge in [-0.05, 0) is 44.9 Å². The van der Waals surface area contributed by atoms with Gasteiger partial charge < -0.3 is 0 Å². The van der Waals surface area contributed by atoms with E-state index < -0.39 is 20.7 Å². The van der Waals surface area contributed by atoms with Crippen molar-refractivity contribution in [2.75, 3.05) is 5.75 Å². The van der Waals surface area contributed by atoms with Crippen molar-refractivity contribution in [2.24, 2.45) is 5.92 Å². The zero-order chi connectivity index (χ0) is 18.8. The van der Waals surface area contributed by atoms with Crippen LogP contribution < -0.4 is 4.72 Å². The van der Waals surface area contributed by atoms with E-state index in [0.29, 0.717) is 0 Å². The highest BCUT2D eigenvalue weighted by Crippen LogP contribution is 2.36. The van der Waals surface area contributed by atoms with Crippen LogP contribution in [0.5, 0.6) is 0 Å². The molecule has 0 unspecified atom stereocenters. The van der Waals surface area contributed by atoms with Gasteiger partial charge in [0.1, 0.15) is 0 Å². The van der Waals surface area contributed by atoms with Gasteiger partial charge in [-0.3, -0.25) is 14.5 Å². The molecule has 1 N–H and O–H groups in total. The summed E-state index contributed by atoms with van der Waals surface area (Å²) < 4.78 is 25.4. The summed E-state index contributed by atoms with van der Waals surface area (Å²) in [5.74, 6) is -0.638. The number of amides is 1. The van der Waals surface area contributed by atoms with Gasteiger partial charge in [0.15, 0.2) is 0 Å². The SMILES string of the molecule is Cc1ccc2nccc(SC(C)(C)C(=O)NS(=O)(=O)CC(C)C)c2c1. The van der Waals surface area contributed by atoms with Crippen LogP contribution in [-0.2, 0) is 14.8 Å². The summed E-state index contributed by atoms with van der Waals surface area (Å²) in [5, 5.41) is 0.957. The lowest BCUT2D eigenvalue weighted by Gasteiger charge is -2.24. The molecule has 1 aromatic heterocycles. The van der Waals surface area contributed by atoms with Gasteiger partial charge in [0.25, 0.3) is 0 Å². The van der Waals surface area contributed by atoms with Crippen molar-refractivity contribution >= 4 is 38.6 Å². The van der Waals surface area contributed by atoms with Gasteiger partial charge in [-0.15, -0.1) is 11.8 Å². The summed E-state index contributed by atoms with van der Waals surface area (Å²) >= 11 is 1.34. The second kappa shape index (κ2) is 7.33. The Hall–Kier alpha value is -1.60. The molecular weight excluding hydrogens is 356 g/mol. The lowest BCUT2D eigenvalue weighted by atomic mass is 10.1. The molecular formula is C18H24N2O3S2. The molecule has 2 rings (SSSR count). The number of sulfonamides is 1. The van der Waals surface area contributed by atoms with E-state index in [2.05, 4.69) is 9.71 Å². The number of nitrogens with zero attached hydrogens (tertiary/aromatic N) is 1. The number of rotatable bonds is 6. The lowest BCUT2D eigenvalue weighted by molar-refractivity contribution is -0.120.